The summed E-state index contributed by atoms with van der Waals surface area (Å²) < 4.78 is 59.7. The van der Waals surface area contributed by atoms with Crippen LogP contribution in [0.4, 0.5) is 15.8 Å². The highest BCUT2D eigenvalue weighted by molar-refractivity contribution is 7.88. The molecule has 3 aromatic rings. The molecule has 0 unspecified atom stereocenters. The number of halogens is 2. The molecule has 0 aliphatic carbocycles. The van der Waals surface area contributed by atoms with E-state index >= 15 is 4.39 Å². The first-order valence-corrected chi connectivity index (χ1v) is 18.0. The van der Waals surface area contributed by atoms with Gasteiger partial charge in [-0.3, -0.25) is 0 Å². The van der Waals surface area contributed by atoms with Gasteiger partial charge in [0.05, 0.1) is 22.9 Å². The number of hydrogen-bond donors (Lipinski definition) is 2. The lowest BCUT2D eigenvalue weighted by molar-refractivity contribution is -0.145. The average molecular weight is 710 g/mol. The summed E-state index contributed by atoms with van der Waals surface area (Å²) in [5.74, 6) is -2.03. The summed E-state index contributed by atoms with van der Waals surface area (Å²) in [4.78, 5) is 25.6. The lowest BCUT2D eigenvalue weighted by Crippen LogP contribution is -2.55. The van der Waals surface area contributed by atoms with Crippen LogP contribution in [0.3, 0.4) is 0 Å². The van der Waals surface area contributed by atoms with Gasteiger partial charge in [0.1, 0.15) is 16.4 Å². The van der Waals surface area contributed by atoms with Crippen molar-refractivity contribution in [2.45, 2.75) is 77.3 Å². The van der Waals surface area contributed by atoms with E-state index in [1.807, 2.05) is 13.8 Å². The maximum atomic E-state index is 15.2. The van der Waals surface area contributed by atoms with Crippen LogP contribution in [0.2, 0.25) is 5.02 Å². The standard InChI is InChI=1S/C33H41ClFN3O7S2/c1-7-43-26(39)18-44-28-27(34)29(46-30(28)31(40)45-32(2,3)4)21-11-12-24(35)25(16-21)37-23-13-14-38(33(5,6)17-23)47(41,42)19-20-9-8-10-22(36)15-20/h8-12,15-16,23,37H,7,13-14,17-19,36H2,1-6H3/t23-/m1/s1. The summed E-state index contributed by atoms with van der Waals surface area (Å²) in [5, 5.41) is 3.32. The Bertz CT molecular complexity index is 1740. The predicted molar refractivity (Wildman–Crippen MR) is 183 cm³/mol. The minimum Gasteiger partial charge on any atom is -0.479 e. The fraction of sp³-hybridized carbons (Fsp3) is 0.455. The number of rotatable bonds is 11. The van der Waals surface area contributed by atoms with E-state index in [1.165, 1.54) is 16.4 Å². The molecule has 0 saturated carbocycles. The first kappa shape index (κ1) is 36.4. The van der Waals surface area contributed by atoms with E-state index in [2.05, 4.69) is 5.32 Å². The SMILES string of the molecule is CCOC(=O)COc1c(C(=O)OC(C)(C)C)sc(-c2ccc(F)c(N[C@@H]3CCN(S(=O)(=O)Cc4cccc(N)c4)C(C)(C)C3)c2)c1Cl. The first-order chi connectivity index (χ1) is 21.9. The van der Waals surface area contributed by atoms with Crippen molar-refractivity contribution in [2.24, 2.45) is 0 Å². The van der Waals surface area contributed by atoms with E-state index < -0.39 is 45.5 Å². The van der Waals surface area contributed by atoms with Crippen molar-refractivity contribution in [1.82, 2.24) is 4.31 Å². The number of nitrogens with two attached hydrogens (primary N) is 1. The number of nitrogens with zero attached hydrogens (tertiary/aromatic N) is 1. The summed E-state index contributed by atoms with van der Waals surface area (Å²) in [6, 6.07) is 11.0. The maximum absolute atomic E-state index is 15.2. The molecule has 1 aromatic heterocycles. The number of piperidine rings is 1. The van der Waals surface area contributed by atoms with Crippen molar-refractivity contribution in [1.29, 1.82) is 0 Å². The third kappa shape index (κ3) is 9.16. The lowest BCUT2D eigenvalue weighted by atomic mass is 9.89. The van der Waals surface area contributed by atoms with E-state index in [4.69, 9.17) is 31.5 Å². The summed E-state index contributed by atoms with van der Waals surface area (Å²) >= 11 is 7.73. The number of esters is 2. The molecule has 3 N–H and O–H groups in total. The molecule has 0 bridgehead atoms. The zero-order valence-corrected chi connectivity index (χ0v) is 29.7. The Kier molecular flexibility index (Phi) is 11.2. The average Bonchev–Trinajstić information content (AvgIpc) is 3.27. The van der Waals surface area contributed by atoms with Crippen LogP contribution < -0.4 is 15.8 Å². The van der Waals surface area contributed by atoms with Crippen molar-refractivity contribution < 1.29 is 36.6 Å². The number of carbonyl (C=O) groups excluding carboxylic acids is 2. The van der Waals surface area contributed by atoms with Gasteiger partial charge >= 0.3 is 11.9 Å². The van der Waals surface area contributed by atoms with Gasteiger partial charge in [-0.25, -0.2) is 22.4 Å². The van der Waals surface area contributed by atoms with Gasteiger partial charge in [0, 0.05) is 23.8 Å². The van der Waals surface area contributed by atoms with Gasteiger partial charge in [-0.2, -0.15) is 4.31 Å². The number of sulfonamides is 1. The number of nitrogens with one attached hydrogen (secondary N) is 1. The van der Waals surface area contributed by atoms with Crippen molar-refractivity contribution in [3.63, 3.8) is 0 Å². The second-order valence-corrected chi connectivity index (χ2v) is 16.2. The van der Waals surface area contributed by atoms with E-state index in [0.717, 1.165) is 11.3 Å². The molecule has 4 rings (SSSR count). The highest BCUT2D eigenvalue weighted by atomic mass is 35.5. The van der Waals surface area contributed by atoms with E-state index in [0.29, 0.717) is 34.5 Å². The molecule has 1 aliphatic rings. The number of nitrogen functional groups attached to an aromatic ring is 1. The van der Waals surface area contributed by atoms with Crippen molar-refractivity contribution in [3.8, 4) is 16.2 Å². The van der Waals surface area contributed by atoms with Crippen LogP contribution in [0.15, 0.2) is 42.5 Å². The normalized spacial score (nSPS) is 16.8. The smallest absolute Gasteiger partial charge is 0.352 e. The second kappa shape index (κ2) is 14.4. The van der Waals surface area contributed by atoms with Gasteiger partial charge in [-0.05, 0) is 89.8 Å². The Morgan fingerprint density at radius 1 is 1.19 bits per heavy atom. The molecular weight excluding hydrogens is 669 g/mol. The van der Waals surface area contributed by atoms with E-state index in [9.17, 15) is 18.0 Å². The van der Waals surface area contributed by atoms with Crippen LogP contribution >= 0.6 is 22.9 Å². The van der Waals surface area contributed by atoms with Gasteiger partial charge in [0.25, 0.3) is 0 Å². The Hall–Kier alpha value is -3.39. The molecule has 2 aromatic carbocycles. The maximum Gasteiger partial charge on any atom is 0.352 e. The van der Waals surface area contributed by atoms with Gasteiger partial charge in [0.15, 0.2) is 17.2 Å². The van der Waals surface area contributed by atoms with Gasteiger partial charge in [-0.15, -0.1) is 11.3 Å². The fourth-order valence-corrected chi connectivity index (χ4v) is 8.90. The third-order valence-corrected chi connectivity index (χ3v) is 11.1. The Morgan fingerprint density at radius 2 is 1.91 bits per heavy atom. The van der Waals surface area contributed by atoms with Crippen LogP contribution in [0.5, 0.6) is 5.75 Å². The molecule has 0 radical (unpaired) electrons. The van der Waals surface area contributed by atoms with E-state index in [1.54, 1.807) is 58.0 Å². The number of thiophene rings is 1. The highest BCUT2D eigenvalue weighted by Gasteiger charge is 2.41. The molecule has 1 aliphatic heterocycles. The molecular formula is C33H41ClFN3O7S2. The fourth-order valence-electron chi connectivity index (χ4n) is 5.49. The molecule has 1 fully saturated rings. The molecule has 1 saturated heterocycles. The lowest BCUT2D eigenvalue weighted by Gasteiger charge is -2.45. The van der Waals surface area contributed by atoms with Crippen LogP contribution in [0, 0.1) is 5.82 Å². The summed E-state index contributed by atoms with van der Waals surface area (Å²) in [7, 11) is -3.66. The number of benzene rings is 2. The number of anilines is 2. The zero-order valence-electron chi connectivity index (χ0n) is 27.3. The molecule has 10 nitrogen and oxygen atoms in total. The monoisotopic (exact) mass is 709 g/mol. The number of ether oxygens (including phenoxy) is 3. The molecule has 2 heterocycles. The molecule has 47 heavy (non-hydrogen) atoms. The topological polar surface area (TPSA) is 137 Å². The largest absolute Gasteiger partial charge is 0.479 e. The van der Waals surface area contributed by atoms with Crippen LogP contribution in [0.1, 0.15) is 69.6 Å². The highest BCUT2D eigenvalue weighted by Crippen LogP contribution is 2.47. The van der Waals surface area contributed by atoms with Gasteiger partial charge in [0.2, 0.25) is 10.0 Å². The summed E-state index contributed by atoms with van der Waals surface area (Å²) in [5.41, 5.74) is 6.08. The van der Waals surface area contributed by atoms with Crippen LogP contribution in [-0.4, -0.2) is 61.6 Å². The van der Waals surface area contributed by atoms with Gasteiger partial charge in [-0.1, -0.05) is 29.8 Å². The Balaban J connectivity index is 1.57. The minimum absolute atomic E-state index is 0.0266. The minimum atomic E-state index is -3.66. The van der Waals surface area contributed by atoms with Crippen LogP contribution in [0.25, 0.3) is 10.4 Å². The van der Waals surface area contributed by atoms with Crippen molar-refractivity contribution >= 4 is 56.3 Å². The van der Waals surface area contributed by atoms with E-state index in [-0.39, 0.29) is 46.3 Å². The van der Waals surface area contributed by atoms with Gasteiger partial charge < -0.3 is 25.3 Å². The number of hydrogen-bond acceptors (Lipinski definition) is 10. The van der Waals surface area contributed by atoms with Crippen molar-refractivity contribution in [2.75, 3.05) is 30.8 Å². The van der Waals surface area contributed by atoms with Crippen molar-refractivity contribution in [3.05, 3.63) is 63.7 Å². The summed E-state index contributed by atoms with van der Waals surface area (Å²) in [6.45, 7) is 10.5. The Labute approximate surface area is 284 Å². The number of carbonyl (C=O) groups is 2. The molecule has 0 spiro atoms. The Morgan fingerprint density at radius 3 is 2.55 bits per heavy atom. The summed E-state index contributed by atoms with van der Waals surface area (Å²) in [6.07, 6.45) is 0.860. The third-order valence-electron chi connectivity index (χ3n) is 7.36. The second-order valence-electron chi connectivity index (χ2n) is 12.9. The quantitative estimate of drug-likeness (QED) is 0.161. The molecule has 256 valence electrons. The van der Waals surface area contributed by atoms with Crippen LogP contribution in [-0.2, 0) is 30.0 Å². The zero-order chi connectivity index (χ0) is 34.7. The predicted octanol–water partition coefficient (Wildman–Crippen LogP) is 6.87. The molecule has 1 atom stereocenters. The molecule has 0 amide bonds. The first-order valence-electron chi connectivity index (χ1n) is 15.2. The molecule has 14 heteroatoms.